The molecule has 1 fully saturated rings. The monoisotopic (exact) mass is 211 g/mol. The Morgan fingerprint density at radius 1 is 1.21 bits per heavy atom. The van der Waals surface area contributed by atoms with Crippen molar-refractivity contribution in [2.24, 2.45) is 0 Å². The lowest BCUT2D eigenvalue weighted by Crippen LogP contribution is -2.55. The van der Waals surface area contributed by atoms with Crippen molar-refractivity contribution in [3.63, 3.8) is 0 Å². The Morgan fingerprint density at radius 2 is 1.71 bits per heavy atom. The highest BCUT2D eigenvalue weighted by atomic mass is 19.4. The number of hydrogen-bond donors (Lipinski definition) is 1. The average Bonchev–Trinajstić information content (AvgIpc) is 2.07. The number of piperazine rings is 1. The van der Waals surface area contributed by atoms with Crippen molar-refractivity contribution in [3.05, 3.63) is 0 Å². The van der Waals surface area contributed by atoms with Crippen LogP contribution in [0.1, 0.15) is 0 Å². The second kappa shape index (κ2) is 4.14. The van der Waals surface area contributed by atoms with Crippen molar-refractivity contribution in [1.29, 1.82) is 0 Å². The largest absolute Gasteiger partial charge is 0.472 e. The number of hydrogen-bond acceptors (Lipinski definition) is 3. The van der Waals surface area contributed by atoms with E-state index in [2.05, 4.69) is 0 Å². The number of halogens is 3. The number of carbonyl (C=O) groups is 1. The second-order valence-electron chi connectivity index (χ2n) is 3.23. The SMILES string of the molecule is CN1CCN(NC(=O)C(F)(F)F)CC1. The van der Waals surface area contributed by atoms with Crippen LogP contribution in [-0.2, 0) is 4.79 Å². The van der Waals surface area contributed by atoms with Gasteiger partial charge in [0.25, 0.3) is 0 Å². The maximum atomic E-state index is 11.8. The van der Waals surface area contributed by atoms with Gasteiger partial charge in [-0.1, -0.05) is 0 Å². The van der Waals surface area contributed by atoms with Crippen LogP contribution in [0.25, 0.3) is 0 Å². The smallest absolute Gasteiger partial charge is 0.304 e. The third-order valence-corrected chi connectivity index (χ3v) is 2.02. The van der Waals surface area contributed by atoms with Gasteiger partial charge < -0.3 is 4.90 Å². The van der Waals surface area contributed by atoms with Gasteiger partial charge in [0, 0.05) is 26.2 Å². The minimum atomic E-state index is -4.80. The molecule has 1 saturated heterocycles. The highest BCUT2D eigenvalue weighted by molar-refractivity contribution is 5.81. The minimum absolute atomic E-state index is 0.415. The van der Waals surface area contributed by atoms with Crippen LogP contribution in [-0.4, -0.2) is 55.2 Å². The van der Waals surface area contributed by atoms with Crippen LogP contribution in [0.5, 0.6) is 0 Å². The zero-order valence-corrected chi connectivity index (χ0v) is 7.76. The Kier molecular flexibility index (Phi) is 3.33. The predicted octanol–water partition coefficient (Wildman–Crippen LogP) is -0.173. The van der Waals surface area contributed by atoms with E-state index < -0.39 is 12.1 Å². The van der Waals surface area contributed by atoms with Gasteiger partial charge in [-0.15, -0.1) is 0 Å². The minimum Gasteiger partial charge on any atom is -0.304 e. The van der Waals surface area contributed by atoms with Crippen molar-refractivity contribution in [3.8, 4) is 0 Å². The van der Waals surface area contributed by atoms with Crippen molar-refractivity contribution in [2.45, 2.75) is 6.18 Å². The van der Waals surface area contributed by atoms with Crippen LogP contribution in [0.15, 0.2) is 0 Å². The number of hydrazine groups is 1. The normalized spacial score (nSPS) is 20.9. The molecule has 1 N–H and O–H groups in total. The van der Waals surface area contributed by atoms with Crippen LogP contribution in [0.3, 0.4) is 0 Å². The molecule has 4 nitrogen and oxygen atoms in total. The molecular formula is C7H12F3N3O. The van der Waals surface area contributed by atoms with Gasteiger partial charge in [-0.25, -0.2) is 5.01 Å². The topological polar surface area (TPSA) is 35.6 Å². The summed E-state index contributed by atoms with van der Waals surface area (Å²) >= 11 is 0. The fraction of sp³-hybridized carbons (Fsp3) is 0.857. The molecule has 0 radical (unpaired) electrons. The number of rotatable bonds is 1. The molecule has 14 heavy (non-hydrogen) atoms. The first-order valence-corrected chi connectivity index (χ1v) is 4.21. The first-order chi connectivity index (χ1) is 6.39. The van der Waals surface area contributed by atoms with Crippen LogP contribution in [0.4, 0.5) is 13.2 Å². The molecule has 0 unspecified atom stereocenters. The summed E-state index contributed by atoms with van der Waals surface area (Å²) in [5, 5.41) is 1.29. The number of alkyl halides is 3. The second-order valence-corrected chi connectivity index (χ2v) is 3.23. The van der Waals surface area contributed by atoms with E-state index in [1.54, 1.807) is 0 Å². The van der Waals surface area contributed by atoms with Gasteiger partial charge in [-0.05, 0) is 7.05 Å². The van der Waals surface area contributed by atoms with Gasteiger partial charge in [-0.2, -0.15) is 13.2 Å². The van der Waals surface area contributed by atoms with Crippen molar-refractivity contribution in [1.82, 2.24) is 15.3 Å². The van der Waals surface area contributed by atoms with Crippen molar-refractivity contribution in [2.75, 3.05) is 33.2 Å². The standard InChI is InChI=1S/C7H12F3N3O/c1-12-2-4-13(5-3-12)11-6(14)7(8,9)10/h2-5H2,1H3,(H,11,14). The average molecular weight is 211 g/mol. The maximum Gasteiger partial charge on any atom is 0.472 e. The summed E-state index contributed by atoms with van der Waals surface area (Å²) in [7, 11) is 1.88. The fourth-order valence-electron chi connectivity index (χ4n) is 1.13. The van der Waals surface area contributed by atoms with E-state index in [1.165, 1.54) is 5.01 Å². The number of amides is 1. The molecule has 1 amide bonds. The number of nitrogens with zero attached hydrogens (tertiary/aromatic N) is 2. The van der Waals surface area contributed by atoms with E-state index in [0.29, 0.717) is 26.2 Å². The molecule has 1 heterocycles. The first-order valence-electron chi connectivity index (χ1n) is 4.21. The zero-order chi connectivity index (χ0) is 10.8. The molecule has 0 spiro atoms. The third-order valence-electron chi connectivity index (χ3n) is 2.02. The highest BCUT2D eigenvalue weighted by Crippen LogP contribution is 2.14. The molecule has 0 aromatic carbocycles. The third kappa shape index (κ3) is 3.15. The van der Waals surface area contributed by atoms with E-state index in [4.69, 9.17) is 0 Å². The Bertz CT molecular complexity index is 211. The summed E-state index contributed by atoms with van der Waals surface area (Å²) in [6.07, 6.45) is -4.80. The quantitative estimate of drug-likeness (QED) is 0.654. The van der Waals surface area contributed by atoms with Crippen molar-refractivity contribution < 1.29 is 18.0 Å². The summed E-state index contributed by atoms with van der Waals surface area (Å²) in [5.74, 6) is -1.90. The van der Waals surface area contributed by atoms with Gasteiger partial charge in [0.2, 0.25) is 0 Å². The van der Waals surface area contributed by atoms with E-state index >= 15 is 0 Å². The number of likely N-dealkylation sites (N-methyl/N-ethyl adjacent to an activating group) is 1. The lowest BCUT2D eigenvalue weighted by Gasteiger charge is -2.32. The lowest BCUT2D eigenvalue weighted by atomic mass is 10.4. The highest BCUT2D eigenvalue weighted by Gasteiger charge is 2.39. The summed E-state index contributed by atoms with van der Waals surface area (Å²) in [4.78, 5) is 12.5. The van der Waals surface area contributed by atoms with Gasteiger partial charge in [-0.3, -0.25) is 10.2 Å². The Balaban J connectivity index is 2.35. The summed E-state index contributed by atoms with van der Waals surface area (Å²) < 4.78 is 35.5. The van der Waals surface area contributed by atoms with Gasteiger partial charge in [0.05, 0.1) is 0 Å². The molecule has 1 aliphatic rings. The molecular weight excluding hydrogens is 199 g/mol. The van der Waals surface area contributed by atoms with Crippen LogP contribution in [0, 0.1) is 0 Å². The predicted molar refractivity (Wildman–Crippen MR) is 43.3 cm³/mol. The van der Waals surface area contributed by atoms with Crippen LogP contribution >= 0.6 is 0 Å². The van der Waals surface area contributed by atoms with E-state index in [1.807, 2.05) is 17.4 Å². The zero-order valence-electron chi connectivity index (χ0n) is 7.76. The summed E-state index contributed by atoms with van der Waals surface area (Å²) in [5.41, 5.74) is 1.82. The Morgan fingerprint density at radius 3 is 2.14 bits per heavy atom. The molecule has 82 valence electrons. The maximum absolute atomic E-state index is 11.8. The van der Waals surface area contributed by atoms with E-state index in [9.17, 15) is 18.0 Å². The molecule has 1 rings (SSSR count). The molecule has 0 aliphatic carbocycles. The summed E-state index contributed by atoms with van der Waals surface area (Å²) in [6.45, 7) is 2.13. The molecule has 0 atom stereocenters. The molecule has 0 bridgehead atoms. The van der Waals surface area contributed by atoms with Crippen LogP contribution < -0.4 is 5.43 Å². The molecule has 7 heteroatoms. The van der Waals surface area contributed by atoms with E-state index in [0.717, 1.165) is 0 Å². The van der Waals surface area contributed by atoms with Gasteiger partial charge in [0.1, 0.15) is 0 Å². The van der Waals surface area contributed by atoms with Gasteiger partial charge >= 0.3 is 12.1 Å². The Hall–Kier alpha value is -0.820. The lowest BCUT2D eigenvalue weighted by molar-refractivity contribution is -0.179. The molecule has 0 aromatic rings. The number of carbonyl (C=O) groups excluding carboxylic acids is 1. The molecule has 0 aromatic heterocycles. The van der Waals surface area contributed by atoms with Crippen LogP contribution in [0.2, 0.25) is 0 Å². The van der Waals surface area contributed by atoms with Crippen molar-refractivity contribution >= 4 is 5.91 Å². The molecule has 1 aliphatic heterocycles. The summed E-state index contributed by atoms with van der Waals surface area (Å²) in [6, 6.07) is 0. The first kappa shape index (κ1) is 11.3. The number of nitrogens with one attached hydrogen (secondary N) is 1. The fourth-order valence-corrected chi connectivity index (χ4v) is 1.13. The van der Waals surface area contributed by atoms with Gasteiger partial charge in [0.15, 0.2) is 0 Å². The molecule has 0 saturated carbocycles. The Labute approximate surface area is 79.6 Å². The van der Waals surface area contributed by atoms with E-state index in [-0.39, 0.29) is 0 Å².